The topological polar surface area (TPSA) is 54.5 Å². The molecule has 0 fully saturated rings. The zero-order valence-electron chi connectivity index (χ0n) is 13.0. The molecule has 0 aliphatic carbocycles. The number of ether oxygens (including phenoxy) is 1. The van der Waals surface area contributed by atoms with Gasteiger partial charge in [0.25, 0.3) is 0 Å². The first-order valence-corrected chi connectivity index (χ1v) is 8.21. The number of urea groups is 1. The van der Waals surface area contributed by atoms with E-state index in [0.29, 0.717) is 19.7 Å². The van der Waals surface area contributed by atoms with Crippen molar-refractivity contribution in [2.45, 2.75) is 6.42 Å². The molecular weight excluding hydrogens is 358 g/mol. The summed E-state index contributed by atoms with van der Waals surface area (Å²) in [6, 6.07) is 11.4. The van der Waals surface area contributed by atoms with Gasteiger partial charge in [-0.05, 0) is 52.2 Å². The molecule has 2 amide bonds. The molecule has 1 heterocycles. The first kappa shape index (κ1) is 17.3. The third-order valence-electron chi connectivity index (χ3n) is 3.30. The monoisotopic (exact) mass is 377 g/mol. The van der Waals surface area contributed by atoms with Crippen LogP contribution in [0.2, 0.25) is 0 Å². The molecule has 2 rings (SSSR count). The standard InChI is InChI=1S/C17H20BrN3O2/c1-21(12-8-14-6-9-19-10-7-14)17(22)20-11-13-23-16-5-3-2-4-15(16)18/h2-7,9-10H,8,11-13H2,1H3,(H,20,22). The number of nitrogens with zero attached hydrogens (tertiary/aromatic N) is 2. The summed E-state index contributed by atoms with van der Waals surface area (Å²) in [5, 5.41) is 2.84. The fraction of sp³-hybridized carbons (Fsp3) is 0.294. The third-order valence-corrected chi connectivity index (χ3v) is 3.96. The van der Waals surface area contributed by atoms with E-state index in [1.165, 1.54) is 0 Å². The fourth-order valence-corrected chi connectivity index (χ4v) is 2.36. The number of pyridine rings is 1. The van der Waals surface area contributed by atoms with Crippen molar-refractivity contribution in [2.75, 3.05) is 26.7 Å². The zero-order valence-corrected chi connectivity index (χ0v) is 14.6. The number of hydrogen-bond donors (Lipinski definition) is 1. The molecule has 23 heavy (non-hydrogen) atoms. The van der Waals surface area contributed by atoms with Gasteiger partial charge in [0.1, 0.15) is 12.4 Å². The van der Waals surface area contributed by atoms with Crippen LogP contribution in [0.4, 0.5) is 4.79 Å². The van der Waals surface area contributed by atoms with E-state index in [1.807, 2.05) is 36.4 Å². The lowest BCUT2D eigenvalue weighted by Gasteiger charge is -2.18. The van der Waals surface area contributed by atoms with Crippen molar-refractivity contribution < 1.29 is 9.53 Å². The van der Waals surface area contributed by atoms with Crippen LogP contribution in [0.25, 0.3) is 0 Å². The van der Waals surface area contributed by atoms with Crippen LogP contribution >= 0.6 is 15.9 Å². The van der Waals surface area contributed by atoms with Crippen molar-refractivity contribution in [3.05, 3.63) is 58.8 Å². The summed E-state index contributed by atoms with van der Waals surface area (Å²) in [6.07, 6.45) is 4.32. The van der Waals surface area contributed by atoms with Gasteiger partial charge in [-0.25, -0.2) is 4.79 Å². The van der Waals surface area contributed by atoms with Gasteiger partial charge < -0.3 is 15.0 Å². The van der Waals surface area contributed by atoms with Crippen LogP contribution in [0.15, 0.2) is 53.3 Å². The van der Waals surface area contributed by atoms with Crippen LogP contribution in [-0.2, 0) is 6.42 Å². The Labute approximate surface area is 144 Å². The van der Waals surface area contributed by atoms with Crippen molar-refractivity contribution in [1.82, 2.24) is 15.2 Å². The normalized spacial score (nSPS) is 10.2. The van der Waals surface area contributed by atoms with E-state index in [0.717, 1.165) is 22.2 Å². The SMILES string of the molecule is CN(CCc1ccncc1)C(=O)NCCOc1ccccc1Br. The first-order valence-electron chi connectivity index (χ1n) is 7.42. The molecule has 0 spiro atoms. The van der Waals surface area contributed by atoms with Crippen molar-refractivity contribution in [3.63, 3.8) is 0 Å². The lowest BCUT2D eigenvalue weighted by Crippen LogP contribution is -2.40. The molecule has 1 aromatic carbocycles. The summed E-state index contributed by atoms with van der Waals surface area (Å²) in [6.45, 7) is 1.53. The summed E-state index contributed by atoms with van der Waals surface area (Å²) in [4.78, 5) is 17.6. The number of carbonyl (C=O) groups excluding carboxylic acids is 1. The molecule has 0 atom stereocenters. The minimum atomic E-state index is -0.102. The first-order chi connectivity index (χ1) is 11.2. The van der Waals surface area contributed by atoms with E-state index >= 15 is 0 Å². The predicted molar refractivity (Wildman–Crippen MR) is 93.6 cm³/mol. The quantitative estimate of drug-likeness (QED) is 0.754. The highest BCUT2D eigenvalue weighted by atomic mass is 79.9. The van der Waals surface area contributed by atoms with Crippen molar-refractivity contribution >= 4 is 22.0 Å². The molecule has 0 unspecified atom stereocenters. The highest BCUT2D eigenvalue weighted by molar-refractivity contribution is 9.10. The minimum absolute atomic E-state index is 0.102. The molecule has 6 heteroatoms. The highest BCUT2D eigenvalue weighted by Gasteiger charge is 2.08. The number of halogens is 1. The second-order valence-corrected chi connectivity index (χ2v) is 5.89. The van der Waals surface area contributed by atoms with Crippen LogP contribution in [-0.4, -0.2) is 42.7 Å². The maximum atomic E-state index is 12.0. The number of hydrogen-bond acceptors (Lipinski definition) is 3. The van der Waals surface area contributed by atoms with Gasteiger partial charge in [-0.1, -0.05) is 12.1 Å². The van der Waals surface area contributed by atoms with Crippen LogP contribution in [0, 0.1) is 0 Å². The summed E-state index contributed by atoms with van der Waals surface area (Å²) < 4.78 is 6.51. The Hall–Kier alpha value is -2.08. The largest absolute Gasteiger partial charge is 0.491 e. The molecule has 122 valence electrons. The Bertz CT molecular complexity index is 622. The Morgan fingerprint density at radius 1 is 1.26 bits per heavy atom. The van der Waals surface area contributed by atoms with E-state index in [4.69, 9.17) is 4.74 Å². The Balaban J connectivity index is 1.65. The minimum Gasteiger partial charge on any atom is -0.491 e. The van der Waals surface area contributed by atoms with Crippen molar-refractivity contribution in [2.24, 2.45) is 0 Å². The maximum Gasteiger partial charge on any atom is 0.317 e. The van der Waals surface area contributed by atoms with Crippen LogP contribution in [0.5, 0.6) is 5.75 Å². The zero-order chi connectivity index (χ0) is 16.5. The molecule has 0 saturated carbocycles. The van der Waals surface area contributed by atoms with Crippen LogP contribution < -0.4 is 10.1 Å². The lowest BCUT2D eigenvalue weighted by molar-refractivity contribution is 0.206. The molecule has 1 N–H and O–H groups in total. The number of amides is 2. The number of nitrogens with one attached hydrogen (secondary N) is 1. The number of likely N-dealkylation sites (N-methyl/N-ethyl adjacent to an activating group) is 1. The molecule has 0 aliphatic heterocycles. The Morgan fingerprint density at radius 2 is 2.00 bits per heavy atom. The smallest absolute Gasteiger partial charge is 0.317 e. The van der Waals surface area contributed by atoms with Gasteiger partial charge in [0.15, 0.2) is 0 Å². The number of benzene rings is 1. The highest BCUT2D eigenvalue weighted by Crippen LogP contribution is 2.23. The van der Waals surface area contributed by atoms with E-state index in [9.17, 15) is 4.79 Å². The number of aromatic nitrogens is 1. The molecule has 0 radical (unpaired) electrons. The lowest BCUT2D eigenvalue weighted by atomic mass is 10.2. The summed E-state index contributed by atoms with van der Waals surface area (Å²) >= 11 is 3.42. The number of carbonyl (C=O) groups is 1. The van der Waals surface area contributed by atoms with Crippen molar-refractivity contribution in [1.29, 1.82) is 0 Å². The average molecular weight is 378 g/mol. The molecule has 0 aliphatic rings. The van der Waals surface area contributed by atoms with Gasteiger partial charge in [-0.2, -0.15) is 0 Å². The van der Waals surface area contributed by atoms with Crippen LogP contribution in [0.1, 0.15) is 5.56 Å². The summed E-state index contributed by atoms with van der Waals surface area (Å²) in [5.74, 6) is 0.771. The third kappa shape index (κ3) is 5.90. The van der Waals surface area contributed by atoms with Gasteiger partial charge >= 0.3 is 6.03 Å². The Kier molecular flexibility index (Phi) is 6.87. The molecule has 5 nitrogen and oxygen atoms in total. The van der Waals surface area contributed by atoms with E-state index in [-0.39, 0.29) is 6.03 Å². The average Bonchev–Trinajstić information content (AvgIpc) is 2.58. The molecular formula is C17H20BrN3O2. The summed E-state index contributed by atoms with van der Waals surface area (Å²) in [7, 11) is 1.78. The maximum absolute atomic E-state index is 12.0. The molecule has 0 saturated heterocycles. The number of para-hydroxylation sites is 1. The summed E-state index contributed by atoms with van der Waals surface area (Å²) in [5.41, 5.74) is 1.16. The Morgan fingerprint density at radius 3 is 2.74 bits per heavy atom. The van der Waals surface area contributed by atoms with E-state index in [1.54, 1.807) is 24.3 Å². The van der Waals surface area contributed by atoms with Gasteiger partial charge in [0.05, 0.1) is 11.0 Å². The van der Waals surface area contributed by atoms with Gasteiger partial charge in [0.2, 0.25) is 0 Å². The second-order valence-electron chi connectivity index (χ2n) is 5.04. The second kappa shape index (κ2) is 9.15. The molecule has 0 bridgehead atoms. The molecule has 2 aromatic rings. The predicted octanol–water partition coefficient (Wildman–Crippen LogP) is 3.11. The van der Waals surface area contributed by atoms with E-state index < -0.39 is 0 Å². The van der Waals surface area contributed by atoms with Crippen molar-refractivity contribution in [3.8, 4) is 5.75 Å². The van der Waals surface area contributed by atoms with Crippen LogP contribution in [0.3, 0.4) is 0 Å². The van der Waals surface area contributed by atoms with Gasteiger partial charge in [-0.3, -0.25) is 4.98 Å². The number of rotatable bonds is 7. The fourth-order valence-electron chi connectivity index (χ4n) is 1.96. The molecule has 1 aromatic heterocycles. The van der Waals surface area contributed by atoms with Gasteiger partial charge in [0, 0.05) is 26.0 Å². The van der Waals surface area contributed by atoms with E-state index in [2.05, 4.69) is 26.2 Å². The van der Waals surface area contributed by atoms with Gasteiger partial charge in [-0.15, -0.1) is 0 Å².